The Morgan fingerprint density at radius 1 is 0.812 bits per heavy atom. The zero-order valence-electron chi connectivity index (χ0n) is 8.48. The quantitative estimate of drug-likeness (QED) is 0.304. The van der Waals surface area contributed by atoms with E-state index >= 15 is 0 Å². The maximum absolute atomic E-state index is 10.7. The molecular weight excluding hydrogens is 368 g/mol. The van der Waals surface area contributed by atoms with Crippen LogP contribution in [0, 0.1) is 3.57 Å². The summed E-state index contributed by atoms with van der Waals surface area (Å²) in [6.07, 6.45) is 0. The van der Waals surface area contributed by atoms with Gasteiger partial charge in [0.25, 0.3) is 0 Å². The summed E-state index contributed by atoms with van der Waals surface area (Å²) in [5, 5.41) is 0. The van der Waals surface area contributed by atoms with Crippen LogP contribution >= 0.6 is 7.81 Å². The van der Waals surface area contributed by atoms with Crippen LogP contribution in [-0.4, -0.2) is 9.86 Å². The van der Waals surface area contributed by atoms with Gasteiger partial charge in [0.1, 0.15) is 3.57 Å². The van der Waals surface area contributed by atoms with Gasteiger partial charge in [0, 0.05) is 0 Å². The maximum atomic E-state index is 9.87. The van der Waals surface area contributed by atoms with Gasteiger partial charge in [0.2, 0.25) is 0 Å². The Bertz CT molecular complexity index is 317. The Labute approximate surface area is 96.7 Å². The van der Waals surface area contributed by atoms with Crippen LogP contribution in [0.25, 0.3) is 0 Å². The summed E-state index contributed by atoms with van der Waals surface area (Å²) in [4.78, 5) is 4.72. The average Bonchev–Trinajstić information content (AvgIpc) is 2.00. The van der Waals surface area contributed by atoms with Crippen molar-refractivity contribution in [2.24, 2.45) is 0 Å². The second-order valence-corrected chi connectivity index (χ2v) is 10.5. The fourth-order valence-electron chi connectivity index (χ4n) is 0.667. The monoisotopic (exact) mass is 379 g/mol. The molecule has 0 aliphatic carbocycles. The van der Waals surface area contributed by atoms with Gasteiger partial charge < -0.3 is 0 Å². The summed E-state index contributed by atoms with van der Waals surface area (Å²) >= 11 is -0.681. The van der Waals surface area contributed by atoms with E-state index in [0.717, 1.165) is 0 Å². The molecule has 1 rings (SSSR count). The molecule has 0 aromatic heterocycles. The molecule has 0 saturated carbocycles. The van der Waals surface area contributed by atoms with E-state index in [1.807, 2.05) is 0 Å². The van der Waals surface area contributed by atoms with Gasteiger partial charge in [-0.2, -0.15) is 0 Å². The Balaban J connectivity index is 0.000000293. The van der Waals surface area contributed by atoms with Crippen LogP contribution in [0.5, 0.6) is 0 Å². The van der Waals surface area contributed by atoms with E-state index in [0.29, 0.717) is 0 Å². The predicted molar refractivity (Wildman–Crippen MR) is 50.6 cm³/mol. The van der Waals surface area contributed by atoms with Crippen LogP contribution in [0.3, 0.4) is 0 Å². The number of hydrogen-bond donors (Lipinski definition) is 0. The molecular formula is C8H11F6IP. The van der Waals surface area contributed by atoms with Crippen molar-refractivity contribution in [3.63, 3.8) is 0 Å². The van der Waals surface area contributed by atoms with E-state index in [4.69, 9.17) is 0 Å². The van der Waals surface area contributed by atoms with Crippen molar-refractivity contribution in [2.75, 3.05) is 9.86 Å². The number of benzene rings is 1. The first kappa shape index (κ1) is 16.0. The zero-order chi connectivity index (χ0) is 13.1. The van der Waals surface area contributed by atoms with Crippen molar-refractivity contribution in [3.8, 4) is 0 Å². The molecule has 8 heteroatoms. The first-order valence-corrected chi connectivity index (χ1v) is 11.3. The van der Waals surface area contributed by atoms with Crippen molar-refractivity contribution >= 4 is 7.81 Å². The van der Waals surface area contributed by atoms with Gasteiger partial charge >= 0.3 is 33.0 Å². The molecule has 0 unspecified atom stereocenters. The van der Waals surface area contributed by atoms with Crippen molar-refractivity contribution < 1.29 is 45.0 Å². The summed E-state index contributed by atoms with van der Waals surface area (Å²) in [5.74, 6) is 0. The molecule has 97 valence electrons. The molecule has 0 fully saturated rings. The Hall–Kier alpha value is -0.0400. The normalized spacial score (nSPS) is 15.8. The van der Waals surface area contributed by atoms with Crippen LogP contribution in [0.2, 0.25) is 0 Å². The third kappa shape index (κ3) is 16.4. The molecule has 0 aliphatic heterocycles. The molecule has 1 radical (unpaired) electrons. The van der Waals surface area contributed by atoms with Crippen molar-refractivity contribution in [1.29, 1.82) is 0 Å². The van der Waals surface area contributed by atoms with Gasteiger partial charge in [-0.3, -0.25) is 0 Å². The standard InChI is InChI=1S/C8H11I.F6P/c1-9(2)8-6-4-3-5-7-8;1-7(2,3,4,5)6/h3-7H,1-2H3;/q+1;-1. The van der Waals surface area contributed by atoms with Crippen LogP contribution in [0.15, 0.2) is 30.3 Å². The van der Waals surface area contributed by atoms with Crippen molar-refractivity contribution in [2.45, 2.75) is 0 Å². The fraction of sp³-hybridized carbons (Fsp3) is 0.250. The third-order valence-corrected chi connectivity index (χ3v) is 4.38. The van der Waals surface area contributed by atoms with E-state index in [2.05, 4.69) is 40.2 Å². The molecule has 1 aromatic rings. The van der Waals surface area contributed by atoms with Gasteiger partial charge in [-0.05, 0) is 12.1 Å². The first-order chi connectivity index (χ1) is 6.75. The van der Waals surface area contributed by atoms with Crippen molar-refractivity contribution in [3.05, 3.63) is 33.9 Å². The summed E-state index contributed by atoms with van der Waals surface area (Å²) in [5.41, 5.74) is 0. The van der Waals surface area contributed by atoms with Crippen molar-refractivity contribution in [1.82, 2.24) is 0 Å². The molecule has 16 heavy (non-hydrogen) atoms. The number of rotatable bonds is 1. The van der Waals surface area contributed by atoms with E-state index < -0.39 is 27.6 Å². The Morgan fingerprint density at radius 3 is 1.31 bits per heavy atom. The molecule has 0 N–H and O–H groups in total. The van der Waals surface area contributed by atoms with E-state index in [1.54, 1.807) is 3.57 Å². The number of hydrogen-bond acceptors (Lipinski definition) is 0. The molecule has 0 heterocycles. The van der Waals surface area contributed by atoms with Crippen LogP contribution in [0.4, 0.5) is 25.2 Å². The van der Waals surface area contributed by atoms with E-state index in [-0.39, 0.29) is 0 Å². The minimum absolute atomic E-state index is 0.681. The molecule has 0 bridgehead atoms. The molecule has 0 amide bonds. The Kier molecular flexibility index (Phi) is 4.32. The molecule has 0 nitrogen and oxygen atoms in total. The molecule has 1 aromatic carbocycles. The van der Waals surface area contributed by atoms with Gasteiger partial charge in [0.15, 0.2) is 0 Å². The summed E-state index contributed by atoms with van der Waals surface area (Å²) in [6, 6.07) is 10.8. The summed E-state index contributed by atoms with van der Waals surface area (Å²) in [6.45, 7) is 0. The average molecular weight is 379 g/mol. The fourth-order valence-corrected chi connectivity index (χ4v) is 2.52. The first-order valence-electron chi connectivity index (χ1n) is 3.87. The third-order valence-electron chi connectivity index (χ3n) is 1.17. The van der Waals surface area contributed by atoms with Crippen LogP contribution in [-0.2, 0) is 0 Å². The van der Waals surface area contributed by atoms with Crippen LogP contribution < -0.4 is 19.8 Å². The molecule has 0 atom stereocenters. The summed E-state index contributed by atoms with van der Waals surface area (Å²) < 4.78 is 60.8. The van der Waals surface area contributed by atoms with E-state index in [9.17, 15) is 25.2 Å². The molecule has 0 aliphatic rings. The van der Waals surface area contributed by atoms with Gasteiger partial charge in [-0.25, -0.2) is 0 Å². The number of halogens is 7. The van der Waals surface area contributed by atoms with Gasteiger partial charge in [-0.15, -0.1) is 0 Å². The second-order valence-electron chi connectivity index (χ2n) is 3.01. The predicted octanol–water partition coefficient (Wildman–Crippen LogP) is 2.12. The topological polar surface area (TPSA) is 0 Å². The van der Waals surface area contributed by atoms with Gasteiger partial charge in [-0.1, -0.05) is 18.2 Å². The van der Waals surface area contributed by atoms with Crippen LogP contribution in [0.1, 0.15) is 0 Å². The minimum atomic E-state index is -10.7. The van der Waals surface area contributed by atoms with Gasteiger partial charge in [0.05, 0.1) is 29.7 Å². The SMILES string of the molecule is C[I+](C)c1ccccc1.F[P-](F)(F)(F)(F)F. The zero-order valence-corrected chi connectivity index (χ0v) is 11.5. The van der Waals surface area contributed by atoms with E-state index in [1.165, 1.54) is 0 Å². The molecule has 0 saturated heterocycles. The molecule has 0 spiro atoms. The number of alkyl halides is 2. The second kappa shape index (κ2) is 4.33. The summed E-state index contributed by atoms with van der Waals surface area (Å²) in [7, 11) is -10.7. The Morgan fingerprint density at radius 2 is 1.12 bits per heavy atom.